The van der Waals surface area contributed by atoms with Crippen LogP contribution in [0.5, 0.6) is 0 Å². The summed E-state index contributed by atoms with van der Waals surface area (Å²) in [4.78, 5) is 24.9. The van der Waals surface area contributed by atoms with Crippen molar-refractivity contribution in [2.75, 3.05) is 24.5 Å². The summed E-state index contributed by atoms with van der Waals surface area (Å²) in [5.74, 6) is -3.69. The lowest BCUT2D eigenvalue weighted by Gasteiger charge is -2.32. The third-order valence-corrected chi connectivity index (χ3v) is 3.79. The van der Waals surface area contributed by atoms with Crippen LogP contribution in [-0.2, 0) is 22.6 Å². The number of carboxylic acid groups (broad SMARTS) is 1. The van der Waals surface area contributed by atoms with E-state index in [9.17, 15) is 22.8 Å². The van der Waals surface area contributed by atoms with Crippen molar-refractivity contribution in [2.45, 2.75) is 19.1 Å². The first kappa shape index (κ1) is 18.0. The van der Waals surface area contributed by atoms with E-state index in [-0.39, 0.29) is 5.69 Å². The zero-order chi connectivity index (χ0) is 17.9. The number of nitrogens with zero attached hydrogens (tertiary/aromatic N) is 2. The van der Waals surface area contributed by atoms with E-state index in [1.807, 2.05) is 4.90 Å². The predicted octanol–water partition coefficient (Wildman–Crippen LogP) is 2.21. The van der Waals surface area contributed by atoms with Crippen molar-refractivity contribution >= 4 is 17.6 Å². The maximum absolute atomic E-state index is 12.9. The molecule has 130 valence electrons. The molecule has 0 saturated heterocycles. The highest BCUT2D eigenvalue weighted by atomic mass is 19.4. The molecular weight excluding hydrogens is 325 g/mol. The number of carbonyl (C=O) groups is 2. The van der Waals surface area contributed by atoms with Crippen LogP contribution in [0.25, 0.3) is 0 Å². The van der Waals surface area contributed by atoms with E-state index in [0.717, 1.165) is 5.56 Å². The van der Waals surface area contributed by atoms with Gasteiger partial charge in [0.25, 0.3) is 0 Å². The second-order valence-electron chi connectivity index (χ2n) is 5.47. The molecule has 0 aromatic heterocycles. The van der Waals surface area contributed by atoms with Gasteiger partial charge in [-0.25, -0.2) is 0 Å². The summed E-state index contributed by atoms with van der Waals surface area (Å²) in [6, 6.07) is 4.67. The highest BCUT2D eigenvalue weighted by molar-refractivity contribution is 6.01. The summed E-state index contributed by atoms with van der Waals surface area (Å²) >= 11 is 0. The minimum atomic E-state index is -5.15. The smallest absolute Gasteiger partial charge is 0.471 e. The van der Waals surface area contributed by atoms with Crippen molar-refractivity contribution in [2.24, 2.45) is 0 Å². The number of amides is 1. The average molecular weight is 342 g/mol. The molecular formula is C16H17F3N2O3. The van der Waals surface area contributed by atoms with Crippen LogP contribution in [-0.4, -0.2) is 47.7 Å². The third kappa shape index (κ3) is 3.94. The Balaban J connectivity index is 2.45. The maximum Gasteiger partial charge on any atom is 0.471 e. The van der Waals surface area contributed by atoms with E-state index >= 15 is 0 Å². The summed E-state index contributed by atoms with van der Waals surface area (Å²) in [5.41, 5.74) is 1.36. The number of alkyl halides is 3. The highest BCUT2D eigenvalue weighted by Crippen LogP contribution is 2.31. The lowest BCUT2D eigenvalue weighted by atomic mass is 9.97. The standard InChI is InChI=1S/C16H17F3N2O3/c1-2-7-20-8-6-11-4-3-5-13(12(11)9-20)21(10-14(22)23)15(24)16(17,18)19/h2-5H,1,6-10H2,(H,22,23). The SMILES string of the molecule is C=CCN1CCc2cccc(N(CC(=O)O)C(=O)C(F)(F)F)c2C1. The van der Waals surface area contributed by atoms with Gasteiger partial charge in [-0.05, 0) is 23.6 Å². The number of carbonyl (C=O) groups excluding carboxylic acids is 1. The fraction of sp³-hybridized carbons (Fsp3) is 0.375. The zero-order valence-electron chi connectivity index (χ0n) is 12.8. The molecule has 1 aromatic rings. The summed E-state index contributed by atoms with van der Waals surface area (Å²) in [7, 11) is 0. The molecule has 0 unspecified atom stereocenters. The molecule has 1 aromatic carbocycles. The molecule has 0 fully saturated rings. The molecule has 0 radical (unpaired) electrons. The molecule has 0 aliphatic carbocycles. The molecule has 2 rings (SSSR count). The quantitative estimate of drug-likeness (QED) is 0.834. The Morgan fingerprint density at radius 3 is 2.67 bits per heavy atom. The van der Waals surface area contributed by atoms with Crippen molar-refractivity contribution in [3.05, 3.63) is 42.0 Å². The van der Waals surface area contributed by atoms with Gasteiger partial charge in [0.2, 0.25) is 0 Å². The lowest BCUT2D eigenvalue weighted by molar-refractivity contribution is -0.171. The number of halogens is 3. The number of benzene rings is 1. The van der Waals surface area contributed by atoms with Crippen LogP contribution in [0.1, 0.15) is 11.1 Å². The summed E-state index contributed by atoms with van der Waals surface area (Å²) in [6.45, 7) is 4.19. The van der Waals surface area contributed by atoms with Gasteiger partial charge in [-0.2, -0.15) is 13.2 Å². The molecule has 1 aliphatic heterocycles. The largest absolute Gasteiger partial charge is 0.480 e. The van der Waals surface area contributed by atoms with Gasteiger partial charge in [-0.15, -0.1) is 6.58 Å². The van der Waals surface area contributed by atoms with Gasteiger partial charge in [0.1, 0.15) is 6.54 Å². The Bertz CT molecular complexity index is 658. The Morgan fingerprint density at radius 2 is 2.08 bits per heavy atom. The molecule has 8 heteroatoms. The lowest BCUT2D eigenvalue weighted by Crippen LogP contribution is -2.45. The molecule has 1 heterocycles. The average Bonchev–Trinajstić information content (AvgIpc) is 2.51. The molecule has 1 N–H and O–H groups in total. The number of fused-ring (bicyclic) bond motifs is 1. The predicted molar refractivity (Wildman–Crippen MR) is 81.7 cm³/mol. The summed E-state index contributed by atoms with van der Waals surface area (Å²) in [6.07, 6.45) is -2.85. The van der Waals surface area contributed by atoms with Gasteiger partial charge >= 0.3 is 18.1 Å². The second-order valence-corrected chi connectivity index (χ2v) is 5.47. The van der Waals surface area contributed by atoms with Gasteiger partial charge in [-0.1, -0.05) is 18.2 Å². The van der Waals surface area contributed by atoms with E-state index in [0.29, 0.717) is 36.5 Å². The van der Waals surface area contributed by atoms with Crippen LogP contribution < -0.4 is 4.90 Å². The van der Waals surface area contributed by atoms with E-state index in [1.54, 1.807) is 12.1 Å². The van der Waals surface area contributed by atoms with Crippen LogP contribution in [0.2, 0.25) is 0 Å². The van der Waals surface area contributed by atoms with E-state index in [4.69, 9.17) is 5.11 Å². The topological polar surface area (TPSA) is 60.9 Å². The highest BCUT2D eigenvalue weighted by Gasteiger charge is 2.44. The van der Waals surface area contributed by atoms with Gasteiger partial charge in [0.15, 0.2) is 0 Å². The van der Waals surface area contributed by atoms with Gasteiger partial charge in [0, 0.05) is 25.3 Å². The number of anilines is 1. The Labute approximate surface area is 137 Å². The van der Waals surface area contributed by atoms with Gasteiger partial charge in [0.05, 0.1) is 0 Å². The van der Waals surface area contributed by atoms with Crippen LogP contribution in [0, 0.1) is 0 Å². The van der Waals surface area contributed by atoms with Crippen LogP contribution in [0.3, 0.4) is 0 Å². The molecule has 1 aliphatic rings. The molecule has 0 saturated carbocycles. The minimum Gasteiger partial charge on any atom is -0.480 e. The van der Waals surface area contributed by atoms with Crippen LogP contribution >= 0.6 is 0 Å². The first-order chi connectivity index (χ1) is 11.2. The monoisotopic (exact) mass is 342 g/mol. The van der Waals surface area contributed by atoms with E-state index < -0.39 is 24.6 Å². The maximum atomic E-state index is 12.9. The molecule has 5 nitrogen and oxygen atoms in total. The van der Waals surface area contributed by atoms with Crippen molar-refractivity contribution in [1.82, 2.24) is 4.90 Å². The second kappa shape index (κ2) is 7.04. The first-order valence-corrected chi connectivity index (χ1v) is 7.28. The summed E-state index contributed by atoms with van der Waals surface area (Å²) in [5, 5.41) is 8.92. The molecule has 0 atom stereocenters. The molecule has 0 bridgehead atoms. The fourth-order valence-corrected chi connectivity index (χ4v) is 2.77. The van der Waals surface area contributed by atoms with Gasteiger partial charge in [-0.3, -0.25) is 19.4 Å². The Hall–Kier alpha value is -2.35. The minimum absolute atomic E-state index is 0.00835. The Morgan fingerprint density at radius 1 is 1.38 bits per heavy atom. The molecule has 1 amide bonds. The van der Waals surface area contributed by atoms with Crippen molar-refractivity contribution in [1.29, 1.82) is 0 Å². The van der Waals surface area contributed by atoms with Crippen molar-refractivity contribution in [3.8, 4) is 0 Å². The number of carboxylic acids is 1. The summed E-state index contributed by atoms with van der Waals surface area (Å²) < 4.78 is 38.6. The molecule has 0 spiro atoms. The fourth-order valence-electron chi connectivity index (χ4n) is 2.77. The van der Waals surface area contributed by atoms with E-state index in [2.05, 4.69) is 6.58 Å². The zero-order valence-corrected chi connectivity index (χ0v) is 12.8. The van der Waals surface area contributed by atoms with Crippen LogP contribution in [0.4, 0.5) is 18.9 Å². The normalized spacial score (nSPS) is 14.8. The number of hydrogen-bond acceptors (Lipinski definition) is 3. The first-order valence-electron chi connectivity index (χ1n) is 7.28. The third-order valence-electron chi connectivity index (χ3n) is 3.79. The number of aliphatic carboxylic acids is 1. The number of rotatable bonds is 5. The van der Waals surface area contributed by atoms with Crippen LogP contribution in [0.15, 0.2) is 30.9 Å². The Kier molecular flexibility index (Phi) is 5.28. The van der Waals surface area contributed by atoms with Crippen molar-refractivity contribution < 1.29 is 27.9 Å². The van der Waals surface area contributed by atoms with E-state index in [1.165, 1.54) is 12.1 Å². The molecule has 24 heavy (non-hydrogen) atoms. The number of hydrogen-bond donors (Lipinski definition) is 1. The van der Waals surface area contributed by atoms with Gasteiger partial charge < -0.3 is 5.11 Å². The van der Waals surface area contributed by atoms with Crippen molar-refractivity contribution in [3.63, 3.8) is 0 Å².